The first-order valence-electron chi connectivity index (χ1n) is 11.4. The lowest BCUT2D eigenvalue weighted by Gasteiger charge is -2.43. The molecule has 0 amide bonds. The average molecular weight is 459 g/mol. The molecule has 2 heterocycles. The third-order valence-electron chi connectivity index (χ3n) is 5.75. The van der Waals surface area contributed by atoms with Crippen LogP contribution in [-0.2, 0) is 23.7 Å². The van der Waals surface area contributed by atoms with Crippen molar-refractivity contribution >= 4 is 5.78 Å². The molecular weight excluding hydrogens is 424 g/mol. The van der Waals surface area contributed by atoms with E-state index in [9.17, 15) is 9.90 Å². The fourth-order valence-corrected chi connectivity index (χ4v) is 3.84. The van der Waals surface area contributed by atoms with Crippen molar-refractivity contribution in [2.24, 2.45) is 0 Å². The van der Waals surface area contributed by atoms with E-state index in [-0.39, 0.29) is 5.78 Å². The first kappa shape index (κ1) is 25.5. The number of rotatable bonds is 7. The molecule has 1 N–H and O–H groups in total. The molecule has 7 nitrogen and oxygen atoms in total. The van der Waals surface area contributed by atoms with Crippen LogP contribution in [0.15, 0.2) is 60.7 Å². The molecular formula is C26H34O7. The lowest BCUT2D eigenvalue weighted by Crippen LogP contribution is -2.52. The minimum atomic E-state index is -1.08. The van der Waals surface area contributed by atoms with Gasteiger partial charge in [0.05, 0.1) is 13.2 Å². The van der Waals surface area contributed by atoms with Crippen LogP contribution in [0.2, 0.25) is 0 Å². The van der Waals surface area contributed by atoms with Gasteiger partial charge in [-0.25, -0.2) is 0 Å². The van der Waals surface area contributed by atoms with Crippen molar-refractivity contribution in [2.45, 2.75) is 56.6 Å². The quantitative estimate of drug-likeness (QED) is 0.479. The first-order valence-corrected chi connectivity index (χ1v) is 11.4. The molecule has 4 rings (SSSR count). The Morgan fingerprint density at radius 3 is 1.73 bits per heavy atom. The predicted octanol–water partition coefficient (Wildman–Crippen LogP) is 4.61. The summed E-state index contributed by atoms with van der Waals surface area (Å²) in [7, 11) is 3.19. The van der Waals surface area contributed by atoms with E-state index in [1.807, 2.05) is 12.1 Å². The van der Waals surface area contributed by atoms with Gasteiger partial charge in [-0.2, -0.15) is 0 Å². The number of aliphatic hydroxyl groups is 1. The molecule has 2 aliphatic heterocycles. The molecule has 2 aromatic rings. The Hall–Kier alpha value is -2.13. The summed E-state index contributed by atoms with van der Waals surface area (Å²) >= 11 is 0. The summed E-state index contributed by atoms with van der Waals surface area (Å²) in [4.78, 5) is 11.9. The topological polar surface area (TPSA) is 83.5 Å². The minimum absolute atomic E-state index is 0.271. The molecule has 0 aliphatic carbocycles. The molecule has 0 saturated carbocycles. The highest BCUT2D eigenvalue weighted by Gasteiger charge is 2.46. The van der Waals surface area contributed by atoms with Gasteiger partial charge in [-0.05, 0) is 31.2 Å². The van der Waals surface area contributed by atoms with Crippen molar-refractivity contribution < 1.29 is 33.6 Å². The molecule has 0 bridgehead atoms. The fourth-order valence-electron chi connectivity index (χ4n) is 3.84. The summed E-state index contributed by atoms with van der Waals surface area (Å²) in [5.41, 5.74) is 1.15. The number of ketones is 1. The first-order chi connectivity index (χ1) is 16.0. The van der Waals surface area contributed by atoms with Crippen molar-refractivity contribution in [3.63, 3.8) is 0 Å². The van der Waals surface area contributed by atoms with Crippen molar-refractivity contribution in [1.82, 2.24) is 0 Å². The lowest BCUT2D eigenvalue weighted by atomic mass is 10.0. The Balaban J connectivity index is 0.000000186. The Labute approximate surface area is 195 Å². The zero-order valence-corrected chi connectivity index (χ0v) is 19.4. The average Bonchev–Trinajstić information content (AvgIpc) is 2.90. The lowest BCUT2D eigenvalue weighted by molar-refractivity contribution is -0.507. The molecule has 180 valence electrons. The van der Waals surface area contributed by atoms with Crippen molar-refractivity contribution in [2.75, 3.05) is 27.4 Å². The van der Waals surface area contributed by atoms with Gasteiger partial charge in [0.25, 0.3) is 11.9 Å². The second-order valence-electron chi connectivity index (χ2n) is 8.03. The summed E-state index contributed by atoms with van der Waals surface area (Å²) in [6, 6.07) is 17.7. The highest BCUT2D eigenvalue weighted by Crippen LogP contribution is 2.36. The molecule has 2 saturated heterocycles. The second kappa shape index (κ2) is 12.4. The number of Topliss-reactive ketones (excluding diaryl/α,β-unsaturated/α-hetero) is 1. The Bertz CT molecular complexity index is 804. The number of hydrogen-bond acceptors (Lipinski definition) is 7. The van der Waals surface area contributed by atoms with E-state index in [0.29, 0.717) is 37.2 Å². The third-order valence-corrected chi connectivity index (χ3v) is 5.75. The van der Waals surface area contributed by atoms with Crippen LogP contribution in [0.3, 0.4) is 0 Å². The van der Waals surface area contributed by atoms with Crippen molar-refractivity contribution in [3.8, 4) is 0 Å². The predicted molar refractivity (Wildman–Crippen MR) is 122 cm³/mol. The SMILES string of the molecule is COC1(OC2(OC)CCCCO2)CCCCO1.O=C(c1ccccc1)C(O)c1ccccc1. The normalized spacial score (nSPS) is 26.0. The minimum Gasteiger partial charge on any atom is -0.380 e. The Kier molecular flexibility index (Phi) is 9.55. The maximum atomic E-state index is 11.9. The van der Waals surface area contributed by atoms with Crippen LogP contribution < -0.4 is 0 Å². The summed E-state index contributed by atoms with van der Waals surface area (Å²) in [5, 5.41) is 9.89. The van der Waals surface area contributed by atoms with Crippen LogP contribution in [0, 0.1) is 0 Å². The standard InChI is InChI=1S/C14H12O2.C12H22O5/c15-13(11-7-3-1-4-8-11)14(16)12-9-5-2-6-10-12;1-13-11(7-3-5-9-15-11)17-12(14-2)8-4-6-10-16-12/h1-10,13,15H;3-10H2,1-2H3. The Morgan fingerprint density at radius 1 is 0.818 bits per heavy atom. The monoisotopic (exact) mass is 458 g/mol. The van der Waals surface area contributed by atoms with Gasteiger partial charge in [-0.15, -0.1) is 0 Å². The summed E-state index contributed by atoms with van der Waals surface area (Å²) in [6.07, 6.45) is 4.45. The van der Waals surface area contributed by atoms with Gasteiger partial charge in [0.2, 0.25) is 0 Å². The zero-order chi connectivity index (χ0) is 23.6. The van der Waals surface area contributed by atoms with E-state index >= 15 is 0 Å². The molecule has 0 spiro atoms. The molecule has 7 heteroatoms. The van der Waals surface area contributed by atoms with E-state index < -0.39 is 18.1 Å². The fraction of sp³-hybridized carbons (Fsp3) is 0.500. The zero-order valence-electron chi connectivity index (χ0n) is 19.4. The molecule has 2 fully saturated rings. The van der Waals surface area contributed by atoms with Gasteiger partial charge < -0.3 is 24.1 Å². The number of ether oxygens (including phenoxy) is 5. The van der Waals surface area contributed by atoms with Gasteiger partial charge >= 0.3 is 0 Å². The number of methoxy groups -OCH3 is 2. The van der Waals surface area contributed by atoms with Gasteiger partial charge in [0, 0.05) is 32.6 Å². The number of carbonyl (C=O) groups excluding carboxylic acids is 1. The summed E-state index contributed by atoms with van der Waals surface area (Å²) in [5.74, 6) is -2.29. The Morgan fingerprint density at radius 2 is 1.30 bits per heavy atom. The largest absolute Gasteiger partial charge is 0.380 e. The smallest absolute Gasteiger partial charge is 0.286 e. The van der Waals surface area contributed by atoms with Crippen LogP contribution in [-0.4, -0.2) is 50.3 Å². The van der Waals surface area contributed by atoms with E-state index in [2.05, 4.69) is 0 Å². The molecule has 33 heavy (non-hydrogen) atoms. The van der Waals surface area contributed by atoms with Crippen LogP contribution in [0.25, 0.3) is 0 Å². The van der Waals surface area contributed by atoms with E-state index in [1.54, 1.807) is 62.8 Å². The number of aliphatic hydroxyl groups excluding tert-OH is 1. The van der Waals surface area contributed by atoms with E-state index in [4.69, 9.17) is 23.7 Å². The highest BCUT2D eigenvalue weighted by molar-refractivity contribution is 5.99. The molecule has 0 aromatic heterocycles. The third kappa shape index (κ3) is 6.93. The summed E-state index contributed by atoms with van der Waals surface area (Å²) < 4.78 is 28.0. The van der Waals surface area contributed by atoms with Crippen molar-refractivity contribution in [3.05, 3.63) is 71.8 Å². The molecule has 2 aromatic carbocycles. The number of benzene rings is 2. The molecule has 2 aliphatic rings. The van der Waals surface area contributed by atoms with Gasteiger partial charge in [0.1, 0.15) is 6.10 Å². The molecule has 3 unspecified atom stereocenters. The van der Waals surface area contributed by atoms with Gasteiger partial charge in [-0.1, -0.05) is 60.7 Å². The van der Waals surface area contributed by atoms with Gasteiger partial charge in [0.15, 0.2) is 5.78 Å². The number of hydrogen-bond donors (Lipinski definition) is 1. The van der Waals surface area contributed by atoms with Crippen LogP contribution >= 0.6 is 0 Å². The second-order valence-corrected chi connectivity index (χ2v) is 8.03. The van der Waals surface area contributed by atoms with Gasteiger partial charge in [-0.3, -0.25) is 9.53 Å². The highest BCUT2D eigenvalue weighted by atomic mass is 17.0. The van der Waals surface area contributed by atoms with Crippen LogP contribution in [0.4, 0.5) is 0 Å². The maximum absolute atomic E-state index is 11.9. The van der Waals surface area contributed by atoms with E-state index in [0.717, 1.165) is 25.7 Å². The van der Waals surface area contributed by atoms with Crippen LogP contribution in [0.5, 0.6) is 0 Å². The molecule has 3 atom stereocenters. The van der Waals surface area contributed by atoms with Crippen LogP contribution in [0.1, 0.15) is 60.6 Å². The van der Waals surface area contributed by atoms with E-state index in [1.165, 1.54) is 0 Å². The molecule has 0 radical (unpaired) electrons. The summed E-state index contributed by atoms with van der Waals surface area (Å²) in [6.45, 7) is 1.29. The van der Waals surface area contributed by atoms with Crippen molar-refractivity contribution in [1.29, 1.82) is 0 Å². The maximum Gasteiger partial charge on any atom is 0.286 e. The number of carbonyl (C=O) groups is 1.